The largest absolute Gasteiger partial charge is 0.425 e. The van der Waals surface area contributed by atoms with Crippen LogP contribution in [0.4, 0.5) is 10.5 Å². The van der Waals surface area contributed by atoms with Gasteiger partial charge in [0.25, 0.3) is 0 Å². The molecular weight excluding hydrogens is 516 g/mol. The maximum Gasteiger partial charge on any atom is 0.425 e. The Hall–Kier alpha value is -2.72. The summed E-state index contributed by atoms with van der Waals surface area (Å²) >= 11 is 2.92. The van der Waals surface area contributed by atoms with E-state index in [0.717, 1.165) is 48.5 Å². The summed E-state index contributed by atoms with van der Waals surface area (Å²) in [5.41, 5.74) is 3.89. The molecule has 3 aromatic carbocycles. The quantitative estimate of drug-likeness (QED) is 0.280. The molecule has 2 amide bonds. The Bertz CT molecular complexity index is 1310. The average Bonchev–Trinajstić information content (AvgIpc) is 3.22. The van der Waals surface area contributed by atoms with Crippen LogP contribution in [0.5, 0.6) is 0 Å². The molecule has 0 radical (unpaired) electrons. The van der Waals surface area contributed by atoms with Gasteiger partial charge in [-0.1, -0.05) is 48.5 Å². The van der Waals surface area contributed by atoms with Crippen LogP contribution in [-0.4, -0.2) is 58.5 Å². The van der Waals surface area contributed by atoms with E-state index in [1.165, 1.54) is 21.9 Å². The Balaban J connectivity index is 1.23. The summed E-state index contributed by atoms with van der Waals surface area (Å²) in [6, 6.07) is 20.6. The van der Waals surface area contributed by atoms with Crippen molar-refractivity contribution in [3.05, 3.63) is 77.4 Å². The minimum absolute atomic E-state index is 0.143. The minimum atomic E-state index is -0.491. The molecule has 2 aliphatic rings. The zero-order valence-electron chi connectivity index (χ0n) is 21.9. The van der Waals surface area contributed by atoms with E-state index >= 15 is 0 Å². The molecular formula is C29H34N4O3S2. The van der Waals surface area contributed by atoms with Crippen molar-refractivity contribution in [2.75, 3.05) is 37.0 Å². The lowest BCUT2D eigenvalue weighted by Gasteiger charge is -2.44. The highest BCUT2D eigenvalue weighted by Crippen LogP contribution is 2.35. The summed E-state index contributed by atoms with van der Waals surface area (Å²) in [5.74, 6) is 1.19. The highest BCUT2D eigenvalue weighted by molar-refractivity contribution is 7.98. The predicted octanol–water partition coefficient (Wildman–Crippen LogP) is 5.59. The van der Waals surface area contributed by atoms with Gasteiger partial charge in [-0.05, 0) is 77.8 Å². The summed E-state index contributed by atoms with van der Waals surface area (Å²) < 4.78 is 7.47. The van der Waals surface area contributed by atoms with Gasteiger partial charge >= 0.3 is 6.09 Å². The number of nitrogens with one attached hydrogen (secondary N) is 2. The molecule has 0 unspecified atom stereocenters. The van der Waals surface area contributed by atoms with E-state index in [0.29, 0.717) is 26.2 Å². The van der Waals surface area contributed by atoms with Crippen LogP contribution in [-0.2, 0) is 21.9 Å². The van der Waals surface area contributed by atoms with Crippen LogP contribution in [0.25, 0.3) is 10.8 Å². The number of amides is 2. The first-order chi connectivity index (χ1) is 18.5. The first-order valence-electron chi connectivity index (χ1n) is 13.0. The van der Waals surface area contributed by atoms with Gasteiger partial charge in [-0.3, -0.25) is 15.4 Å². The van der Waals surface area contributed by atoms with E-state index in [1.54, 1.807) is 0 Å². The van der Waals surface area contributed by atoms with Crippen LogP contribution >= 0.6 is 24.0 Å². The number of carbonyl (C=O) groups excluding carboxylic acids is 2. The van der Waals surface area contributed by atoms with Gasteiger partial charge in [0.1, 0.15) is 0 Å². The Morgan fingerprint density at radius 2 is 1.74 bits per heavy atom. The van der Waals surface area contributed by atoms with E-state index < -0.39 is 6.09 Å². The normalized spacial score (nSPS) is 17.3. The molecule has 2 heterocycles. The van der Waals surface area contributed by atoms with Gasteiger partial charge in [0.05, 0.1) is 12.2 Å². The summed E-state index contributed by atoms with van der Waals surface area (Å²) in [5, 5.41) is 8.77. The van der Waals surface area contributed by atoms with Gasteiger partial charge in [-0.15, -0.1) is 0 Å². The molecule has 2 N–H and O–H groups in total. The highest BCUT2D eigenvalue weighted by Gasteiger charge is 2.47. The molecule has 0 aromatic heterocycles. The Morgan fingerprint density at radius 3 is 2.45 bits per heavy atom. The van der Waals surface area contributed by atoms with Crippen LogP contribution in [0.2, 0.25) is 0 Å². The number of hydrogen-bond acceptors (Lipinski definition) is 7. The third-order valence-electron chi connectivity index (χ3n) is 7.51. The Morgan fingerprint density at radius 1 is 1.05 bits per heavy atom. The molecule has 7 nitrogen and oxygen atoms in total. The standard InChI is InChI=1S/C29H34N4O3S2/c1-21-7-3-6-10-26(21)31-28(35)36-38-32-14-12-29(13-15-32)30-19-27(34)33(29)20-25-18-23-9-5-4-8-22(23)17-24(25)11-16-37-2/h3-10,17-18,30H,11-16,19-20H2,1-2H3,(H,31,35). The van der Waals surface area contributed by atoms with Crippen molar-refractivity contribution in [2.24, 2.45) is 0 Å². The van der Waals surface area contributed by atoms with Gasteiger partial charge in [0, 0.05) is 25.3 Å². The van der Waals surface area contributed by atoms with E-state index in [9.17, 15) is 9.59 Å². The molecule has 1 spiro atoms. The topological polar surface area (TPSA) is 73.9 Å². The second kappa shape index (κ2) is 12.0. The van der Waals surface area contributed by atoms with E-state index in [4.69, 9.17) is 4.18 Å². The number of aryl methyl sites for hydroxylation is 2. The lowest BCUT2D eigenvalue weighted by atomic mass is 9.94. The fourth-order valence-electron chi connectivity index (χ4n) is 5.31. The van der Waals surface area contributed by atoms with Gasteiger partial charge in [0.2, 0.25) is 5.91 Å². The van der Waals surface area contributed by atoms with Crippen molar-refractivity contribution in [2.45, 2.75) is 38.4 Å². The maximum atomic E-state index is 13.1. The van der Waals surface area contributed by atoms with Crippen molar-refractivity contribution in [1.29, 1.82) is 0 Å². The monoisotopic (exact) mass is 550 g/mol. The molecule has 2 fully saturated rings. The van der Waals surface area contributed by atoms with E-state index in [2.05, 4.69) is 53.3 Å². The van der Waals surface area contributed by atoms with Gasteiger partial charge < -0.3 is 9.08 Å². The lowest BCUT2D eigenvalue weighted by molar-refractivity contribution is -0.132. The number of anilines is 1. The first-order valence-corrected chi connectivity index (χ1v) is 15.1. The predicted molar refractivity (Wildman–Crippen MR) is 157 cm³/mol. The van der Waals surface area contributed by atoms with E-state index in [-0.39, 0.29) is 11.6 Å². The zero-order chi connectivity index (χ0) is 26.5. The number of thioether (sulfide) groups is 1. The summed E-state index contributed by atoms with van der Waals surface area (Å²) in [4.78, 5) is 27.5. The molecule has 0 aliphatic carbocycles. The number of carbonyl (C=O) groups is 2. The zero-order valence-corrected chi connectivity index (χ0v) is 23.5. The summed E-state index contributed by atoms with van der Waals surface area (Å²) in [7, 11) is 0. The fourth-order valence-corrected chi connectivity index (χ4v) is 6.28. The highest BCUT2D eigenvalue weighted by atomic mass is 32.2. The van der Waals surface area contributed by atoms with Crippen LogP contribution in [0.15, 0.2) is 60.7 Å². The third kappa shape index (κ3) is 5.96. The molecule has 2 aliphatic heterocycles. The van der Waals surface area contributed by atoms with Crippen LogP contribution in [0.3, 0.4) is 0 Å². The number of rotatable bonds is 8. The Kier molecular flexibility index (Phi) is 8.48. The molecule has 3 aromatic rings. The maximum absolute atomic E-state index is 13.1. The molecule has 38 heavy (non-hydrogen) atoms. The van der Waals surface area contributed by atoms with Crippen molar-refractivity contribution in [3.63, 3.8) is 0 Å². The number of piperidine rings is 1. The Labute approximate surface area is 233 Å². The van der Waals surface area contributed by atoms with Crippen LogP contribution in [0, 0.1) is 6.92 Å². The molecule has 0 saturated carbocycles. The second-order valence-electron chi connectivity index (χ2n) is 9.89. The summed E-state index contributed by atoms with van der Waals surface area (Å²) in [6.45, 7) is 4.31. The van der Waals surface area contributed by atoms with Crippen LogP contribution < -0.4 is 10.6 Å². The molecule has 2 saturated heterocycles. The molecule has 0 bridgehead atoms. The second-order valence-corrected chi connectivity index (χ2v) is 11.7. The number of para-hydroxylation sites is 1. The van der Waals surface area contributed by atoms with E-state index in [1.807, 2.05) is 52.2 Å². The van der Waals surface area contributed by atoms with Crippen molar-refractivity contribution in [3.8, 4) is 0 Å². The molecule has 0 atom stereocenters. The first kappa shape index (κ1) is 26.9. The average molecular weight is 551 g/mol. The van der Waals surface area contributed by atoms with Crippen molar-refractivity contribution >= 4 is 52.5 Å². The minimum Gasteiger partial charge on any atom is -0.358 e. The van der Waals surface area contributed by atoms with Gasteiger partial charge in [0.15, 0.2) is 12.2 Å². The lowest BCUT2D eigenvalue weighted by Crippen LogP contribution is -2.57. The number of benzene rings is 3. The van der Waals surface area contributed by atoms with Gasteiger partial charge in [-0.2, -0.15) is 11.8 Å². The molecule has 200 valence electrons. The summed E-state index contributed by atoms with van der Waals surface area (Å²) in [6.07, 6.45) is 4.15. The van der Waals surface area contributed by atoms with Crippen molar-refractivity contribution in [1.82, 2.24) is 14.5 Å². The number of fused-ring (bicyclic) bond motifs is 1. The third-order valence-corrected chi connectivity index (χ3v) is 8.92. The fraction of sp³-hybridized carbons (Fsp3) is 0.379. The van der Waals surface area contributed by atoms with Crippen molar-refractivity contribution < 1.29 is 13.8 Å². The molecule has 5 rings (SSSR count). The smallest absolute Gasteiger partial charge is 0.358 e. The van der Waals surface area contributed by atoms with Gasteiger partial charge in [-0.25, -0.2) is 9.10 Å². The molecule has 9 heteroatoms. The van der Waals surface area contributed by atoms with Crippen LogP contribution in [0.1, 0.15) is 29.5 Å². The SMILES string of the molecule is CSCCc1cc2ccccc2cc1CN1C(=O)CNC12CCN(SOC(=O)Nc1ccccc1C)CC2. The number of nitrogens with zero attached hydrogens (tertiary/aromatic N) is 2. The number of hydrogen-bond donors (Lipinski definition) is 2.